The highest BCUT2D eigenvalue weighted by atomic mass is 32.2. The number of amides is 1. The van der Waals surface area contributed by atoms with Gasteiger partial charge in [0.05, 0.1) is 11.9 Å². The second-order valence-corrected chi connectivity index (χ2v) is 5.77. The van der Waals surface area contributed by atoms with E-state index in [0.717, 1.165) is 5.16 Å². The minimum Gasteiger partial charge on any atom is -0.391 e. The first-order valence-electron chi connectivity index (χ1n) is 6.22. The summed E-state index contributed by atoms with van der Waals surface area (Å²) in [6.45, 7) is 1.13. The van der Waals surface area contributed by atoms with E-state index >= 15 is 0 Å². The SMILES string of the molecule is O=C(CSc1nncn1C1CC1)N1CC[C@H](O)C1. The first kappa shape index (κ1) is 12.0. The average Bonchev–Trinajstić information content (AvgIpc) is 2.94. The Labute approximate surface area is 109 Å². The molecule has 0 bridgehead atoms. The highest BCUT2D eigenvalue weighted by molar-refractivity contribution is 7.99. The van der Waals surface area contributed by atoms with Gasteiger partial charge >= 0.3 is 0 Å². The number of hydrogen-bond acceptors (Lipinski definition) is 5. The molecule has 1 saturated heterocycles. The van der Waals surface area contributed by atoms with E-state index in [0.29, 0.717) is 31.3 Å². The monoisotopic (exact) mass is 268 g/mol. The van der Waals surface area contributed by atoms with E-state index < -0.39 is 0 Å². The summed E-state index contributed by atoms with van der Waals surface area (Å²) in [6, 6.07) is 0.534. The topological polar surface area (TPSA) is 71.2 Å². The maximum atomic E-state index is 11.9. The zero-order chi connectivity index (χ0) is 12.5. The lowest BCUT2D eigenvalue weighted by atomic mass is 10.3. The molecule has 18 heavy (non-hydrogen) atoms. The Balaban J connectivity index is 1.54. The minimum absolute atomic E-state index is 0.0712. The van der Waals surface area contributed by atoms with Gasteiger partial charge in [-0.3, -0.25) is 4.79 Å². The third-order valence-electron chi connectivity index (χ3n) is 3.32. The summed E-state index contributed by atoms with van der Waals surface area (Å²) in [4.78, 5) is 13.6. The molecule has 2 fully saturated rings. The number of rotatable bonds is 4. The largest absolute Gasteiger partial charge is 0.391 e. The number of aliphatic hydroxyl groups is 1. The van der Waals surface area contributed by atoms with Gasteiger partial charge in [-0.2, -0.15) is 0 Å². The molecule has 0 aromatic carbocycles. The van der Waals surface area contributed by atoms with E-state index in [2.05, 4.69) is 14.8 Å². The normalized spacial score (nSPS) is 23.6. The van der Waals surface area contributed by atoms with E-state index in [1.165, 1.54) is 24.6 Å². The molecule has 98 valence electrons. The van der Waals surface area contributed by atoms with E-state index in [-0.39, 0.29) is 12.0 Å². The smallest absolute Gasteiger partial charge is 0.233 e. The standard InChI is InChI=1S/C11H16N4O2S/c16-9-3-4-14(5-9)10(17)6-18-11-13-12-7-15(11)8-1-2-8/h7-9,16H,1-6H2/t9-/m0/s1. The van der Waals surface area contributed by atoms with Crippen molar-refractivity contribution in [1.29, 1.82) is 0 Å². The number of carbonyl (C=O) groups is 1. The Hall–Kier alpha value is -1.08. The van der Waals surface area contributed by atoms with Crippen molar-refractivity contribution in [2.24, 2.45) is 0 Å². The summed E-state index contributed by atoms with van der Waals surface area (Å²) in [5.74, 6) is 0.444. The van der Waals surface area contributed by atoms with E-state index in [9.17, 15) is 9.90 Å². The van der Waals surface area contributed by atoms with Crippen molar-refractivity contribution >= 4 is 17.7 Å². The van der Waals surface area contributed by atoms with Crippen LogP contribution >= 0.6 is 11.8 Å². The lowest BCUT2D eigenvalue weighted by Gasteiger charge is -2.14. The van der Waals surface area contributed by atoms with Crippen molar-refractivity contribution in [3.63, 3.8) is 0 Å². The number of thioether (sulfide) groups is 1. The fourth-order valence-corrected chi connectivity index (χ4v) is 3.01. The molecule has 0 unspecified atom stereocenters. The second-order valence-electron chi connectivity index (χ2n) is 4.82. The molecule has 7 heteroatoms. The van der Waals surface area contributed by atoms with Gasteiger partial charge in [-0.05, 0) is 19.3 Å². The Morgan fingerprint density at radius 3 is 3.00 bits per heavy atom. The zero-order valence-corrected chi connectivity index (χ0v) is 10.8. The molecule has 1 atom stereocenters. The van der Waals surface area contributed by atoms with Gasteiger partial charge in [-0.25, -0.2) is 0 Å². The van der Waals surface area contributed by atoms with Gasteiger partial charge in [0.2, 0.25) is 5.91 Å². The summed E-state index contributed by atoms with van der Waals surface area (Å²) in [7, 11) is 0. The van der Waals surface area contributed by atoms with Gasteiger partial charge in [0.1, 0.15) is 6.33 Å². The molecule has 6 nitrogen and oxygen atoms in total. The van der Waals surface area contributed by atoms with Crippen molar-refractivity contribution in [1.82, 2.24) is 19.7 Å². The third-order valence-corrected chi connectivity index (χ3v) is 4.26. The van der Waals surface area contributed by atoms with Crippen molar-refractivity contribution in [2.45, 2.75) is 36.6 Å². The van der Waals surface area contributed by atoms with Crippen LogP contribution in [0.5, 0.6) is 0 Å². The number of hydrogen-bond donors (Lipinski definition) is 1. The number of β-amino-alcohol motifs (C(OH)–C–C–N with tert-alkyl or cyclic N) is 1. The summed E-state index contributed by atoms with van der Waals surface area (Å²) in [5.41, 5.74) is 0. The first-order chi connectivity index (χ1) is 8.74. The molecule has 0 radical (unpaired) electrons. The molecule has 3 rings (SSSR count). The van der Waals surface area contributed by atoms with Gasteiger partial charge < -0.3 is 14.6 Å². The van der Waals surface area contributed by atoms with Gasteiger partial charge in [-0.1, -0.05) is 11.8 Å². The lowest BCUT2D eigenvalue weighted by Crippen LogP contribution is -2.31. The molecular formula is C11H16N4O2S. The van der Waals surface area contributed by atoms with E-state index in [1.807, 2.05) is 0 Å². The fraction of sp³-hybridized carbons (Fsp3) is 0.727. The molecule has 1 saturated carbocycles. The summed E-state index contributed by atoms with van der Waals surface area (Å²) in [5, 5.41) is 18.2. The molecule has 1 aromatic heterocycles. The van der Waals surface area contributed by atoms with Crippen LogP contribution in [0.25, 0.3) is 0 Å². The Kier molecular flexibility index (Phi) is 3.25. The van der Waals surface area contributed by atoms with Crippen LogP contribution in [0.1, 0.15) is 25.3 Å². The number of nitrogens with zero attached hydrogens (tertiary/aromatic N) is 4. The minimum atomic E-state index is -0.353. The van der Waals surface area contributed by atoms with Crippen molar-refractivity contribution in [3.05, 3.63) is 6.33 Å². The second kappa shape index (κ2) is 4.89. The van der Waals surface area contributed by atoms with E-state index in [1.54, 1.807) is 11.2 Å². The molecule has 0 spiro atoms. The van der Waals surface area contributed by atoms with Crippen LogP contribution in [0, 0.1) is 0 Å². The maximum Gasteiger partial charge on any atom is 0.233 e. The quantitative estimate of drug-likeness (QED) is 0.795. The van der Waals surface area contributed by atoms with Gasteiger partial charge in [-0.15, -0.1) is 10.2 Å². The van der Waals surface area contributed by atoms with Gasteiger partial charge in [0, 0.05) is 19.1 Å². The maximum absolute atomic E-state index is 11.9. The summed E-state index contributed by atoms with van der Waals surface area (Å²) >= 11 is 1.43. The van der Waals surface area contributed by atoms with Crippen LogP contribution in [0.3, 0.4) is 0 Å². The van der Waals surface area contributed by atoms with Crippen LogP contribution in [0.4, 0.5) is 0 Å². The Bertz CT molecular complexity index is 446. The molecule has 2 aliphatic rings. The van der Waals surface area contributed by atoms with Crippen LogP contribution in [0.2, 0.25) is 0 Å². The number of likely N-dealkylation sites (tertiary alicyclic amines) is 1. The van der Waals surface area contributed by atoms with Gasteiger partial charge in [0.15, 0.2) is 5.16 Å². The number of aromatic nitrogens is 3. The predicted octanol–water partition coefficient (Wildman–Crippen LogP) is 0.298. The van der Waals surface area contributed by atoms with Crippen LogP contribution in [-0.4, -0.2) is 55.6 Å². The summed E-state index contributed by atoms with van der Waals surface area (Å²) in [6.07, 6.45) is 4.43. The molecule has 1 N–H and O–H groups in total. The molecule has 1 aromatic rings. The number of aliphatic hydroxyl groups excluding tert-OH is 1. The lowest BCUT2D eigenvalue weighted by molar-refractivity contribution is -0.127. The molecule has 1 aliphatic carbocycles. The molecular weight excluding hydrogens is 252 g/mol. The Morgan fingerprint density at radius 2 is 2.33 bits per heavy atom. The molecule has 2 heterocycles. The first-order valence-corrected chi connectivity index (χ1v) is 7.21. The summed E-state index contributed by atoms with van der Waals surface area (Å²) < 4.78 is 2.05. The number of carbonyl (C=O) groups excluding carboxylic acids is 1. The third kappa shape index (κ3) is 2.51. The molecule has 1 amide bonds. The van der Waals surface area contributed by atoms with Gasteiger partial charge in [0.25, 0.3) is 0 Å². The Morgan fingerprint density at radius 1 is 1.50 bits per heavy atom. The average molecular weight is 268 g/mol. The highest BCUT2D eigenvalue weighted by Gasteiger charge is 2.28. The highest BCUT2D eigenvalue weighted by Crippen LogP contribution is 2.37. The van der Waals surface area contributed by atoms with Crippen molar-refractivity contribution in [3.8, 4) is 0 Å². The van der Waals surface area contributed by atoms with Crippen LogP contribution in [0.15, 0.2) is 11.5 Å². The van der Waals surface area contributed by atoms with Crippen molar-refractivity contribution < 1.29 is 9.90 Å². The predicted molar refractivity (Wildman–Crippen MR) is 66.2 cm³/mol. The molecule has 1 aliphatic heterocycles. The van der Waals surface area contributed by atoms with E-state index in [4.69, 9.17) is 0 Å². The zero-order valence-electron chi connectivity index (χ0n) is 10.0. The van der Waals surface area contributed by atoms with Crippen LogP contribution < -0.4 is 0 Å². The van der Waals surface area contributed by atoms with Crippen LogP contribution in [-0.2, 0) is 4.79 Å². The van der Waals surface area contributed by atoms with Crippen molar-refractivity contribution in [2.75, 3.05) is 18.8 Å². The fourth-order valence-electron chi connectivity index (χ4n) is 2.12.